The first-order valence-corrected chi connectivity index (χ1v) is 6.08. The molecular weight excluding hydrogens is 248 g/mol. The van der Waals surface area contributed by atoms with Gasteiger partial charge in [0, 0.05) is 12.0 Å². The maximum absolute atomic E-state index is 11.5. The Morgan fingerprint density at radius 3 is 3.00 bits per heavy atom. The number of carbonyl (C=O) groups is 1. The Labute approximate surface area is 110 Å². The fourth-order valence-electron chi connectivity index (χ4n) is 1.82. The standard InChI is InChI=1S/C12H16N4O3/c1-4-5-10-13-14-15-16(10)7-9-6-8(2)11(19-9)12(17)18-3/h6H,4-5,7H2,1-3H3. The second-order valence-electron chi connectivity index (χ2n) is 4.22. The number of rotatable bonds is 5. The molecule has 7 heteroatoms. The lowest BCUT2D eigenvalue weighted by molar-refractivity contribution is 0.0561. The molecule has 0 unspecified atom stereocenters. The van der Waals surface area contributed by atoms with Crippen LogP contribution in [0.1, 0.15) is 41.0 Å². The van der Waals surface area contributed by atoms with E-state index in [-0.39, 0.29) is 5.76 Å². The van der Waals surface area contributed by atoms with E-state index >= 15 is 0 Å². The van der Waals surface area contributed by atoms with E-state index in [0.717, 1.165) is 24.2 Å². The predicted molar refractivity (Wildman–Crippen MR) is 65.7 cm³/mol. The largest absolute Gasteiger partial charge is 0.463 e. The van der Waals surface area contributed by atoms with Crippen LogP contribution in [0.25, 0.3) is 0 Å². The highest BCUT2D eigenvalue weighted by molar-refractivity contribution is 5.87. The number of ether oxygens (including phenoxy) is 1. The van der Waals surface area contributed by atoms with Crippen LogP contribution in [0, 0.1) is 6.92 Å². The summed E-state index contributed by atoms with van der Waals surface area (Å²) in [4.78, 5) is 11.5. The Morgan fingerprint density at radius 2 is 2.32 bits per heavy atom. The highest BCUT2D eigenvalue weighted by atomic mass is 16.5. The van der Waals surface area contributed by atoms with Gasteiger partial charge in [0.25, 0.3) is 0 Å². The van der Waals surface area contributed by atoms with Gasteiger partial charge in [-0.15, -0.1) is 5.10 Å². The molecule has 0 fully saturated rings. The molecule has 2 rings (SSSR count). The summed E-state index contributed by atoms with van der Waals surface area (Å²) in [5.74, 6) is 1.18. The normalized spacial score (nSPS) is 10.7. The second-order valence-corrected chi connectivity index (χ2v) is 4.22. The third kappa shape index (κ3) is 2.81. The van der Waals surface area contributed by atoms with Crippen molar-refractivity contribution in [1.82, 2.24) is 20.2 Å². The van der Waals surface area contributed by atoms with Crippen LogP contribution in [0.4, 0.5) is 0 Å². The summed E-state index contributed by atoms with van der Waals surface area (Å²) in [5.41, 5.74) is 0.743. The smallest absolute Gasteiger partial charge is 0.374 e. The molecule has 7 nitrogen and oxygen atoms in total. The first-order valence-electron chi connectivity index (χ1n) is 6.08. The number of aryl methyl sites for hydroxylation is 2. The van der Waals surface area contributed by atoms with Gasteiger partial charge < -0.3 is 9.15 Å². The maximum Gasteiger partial charge on any atom is 0.374 e. The number of aromatic nitrogens is 4. The van der Waals surface area contributed by atoms with Crippen LogP contribution < -0.4 is 0 Å². The highest BCUT2D eigenvalue weighted by Crippen LogP contribution is 2.16. The van der Waals surface area contributed by atoms with Crippen molar-refractivity contribution in [3.63, 3.8) is 0 Å². The third-order valence-corrected chi connectivity index (χ3v) is 2.72. The third-order valence-electron chi connectivity index (χ3n) is 2.72. The Balaban J connectivity index is 2.19. The molecule has 0 bridgehead atoms. The average molecular weight is 264 g/mol. The SMILES string of the molecule is CCCc1nnnn1Cc1cc(C)c(C(=O)OC)o1. The lowest BCUT2D eigenvalue weighted by Gasteiger charge is -2.00. The quantitative estimate of drug-likeness (QED) is 0.758. The number of esters is 1. The van der Waals surface area contributed by atoms with E-state index < -0.39 is 5.97 Å². The molecule has 2 aromatic rings. The molecule has 0 N–H and O–H groups in total. The molecule has 0 aromatic carbocycles. The van der Waals surface area contributed by atoms with Crippen LogP contribution in [-0.4, -0.2) is 33.3 Å². The number of tetrazole rings is 1. The zero-order valence-corrected chi connectivity index (χ0v) is 11.2. The van der Waals surface area contributed by atoms with Gasteiger partial charge in [0.1, 0.15) is 12.3 Å². The number of furan rings is 1. The van der Waals surface area contributed by atoms with Crippen molar-refractivity contribution in [2.45, 2.75) is 33.2 Å². The first kappa shape index (κ1) is 13.3. The van der Waals surface area contributed by atoms with Crippen molar-refractivity contribution in [2.24, 2.45) is 0 Å². The molecule has 0 saturated carbocycles. The number of carbonyl (C=O) groups excluding carboxylic acids is 1. The minimum atomic E-state index is -0.478. The summed E-state index contributed by atoms with van der Waals surface area (Å²) >= 11 is 0. The summed E-state index contributed by atoms with van der Waals surface area (Å²) in [6, 6.07) is 1.80. The van der Waals surface area contributed by atoms with Crippen molar-refractivity contribution in [2.75, 3.05) is 7.11 Å². The van der Waals surface area contributed by atoms with Crippen LogP contribution in [0.3, 0.4) is 0 Å². The van der Waals surface area contributed by atoms with Gasteiger partial charge in [-0.05, 0) is 29.8 Å². The van der Waals surface area contributed by atoms with Gasteiger partial charge in [-0.25, -0.2) is 9.48 Å². The zero-order valence-electron chi connectivity index (χ0n) is 11.2. The number of nitrogens with zero attached hydrogens (tertiary/aromatic N) is 4. The van der Waals surface area contributed by atoms with Crippen molar-refractivity contribution >= 4 is 5.97 Å². The molecule has 0 atom stereocenters. The summed E-state index contributed by atoms with van der Waals surface area (Å²) in [6.45, 7) is 4.26. The molecule has 2 aromatic heterocycles. The molecule has 0 aliphatic heterocycles. The van der Waals surface area contributed by atoms with Gasteiger partial charge in [-0.2, -0.15) is 0 Å². The monoisotopic (exact) mass is 264 g/mol. The van der Waals surface area contributed by atoms with Crippen molar-refractivity contribution in [1.29, 1.82) is 0 Å². The molecule has 0 aliphatic rings. The molecule has 0 radical (unpaired) electrons. The summed E-state index contributed by atoms with van der Waals surface area (Å²) in [5, 5.41) is 11.5. The van der Waals surface area contributed by atoms with E-state index in [2.05, 4.69) is 27.2 Å². The molecule has 0 saturated heterocycles. The zero-order chi connectivity index (χ0) is 13.8. The van der Waals surface area contributed by atoms with Crippen LogP contribution in [0.5, 0.6) is 0 Å². The van der Waals surface area contributed by atoms with E-state index in [4.69, 9.17) is 4.42 Å². The number of methoxy groups -OCH3 is 1. The van der Waals surface area contributed by atoms with Crippen molar-refractivity contribution in [3.8, 4) is 0 Å². The van der Waals surface area contributed by atoms with Gasteiger partial charge in [-0.1, -0.05) is 6.92 Å². The predicted octanol–water partition coefficient (Wildman–Crippen LogP) is 1.36. The van der Waals surface area contributed by atoms with Crippen molar-refractivity contribution in [3.05, 3.63) is 29.0 Å². The maximum atomic E-state index is 11.5. The minimum absolute atomic E-state index is 0.225. The van der Waals surface area contributed by atoms with Crippen molar-refractivity contribution < 1.29 is 13.9 Å². The Kier molecular flexibility index (Phi) is 3.94. The molecule has 0 spiro atoms. The Hall–Kier alpha value is -2.18. The Morgan fingerprint density at radius 1 is 1.53 bits per heavy atom. The first-order chi connectivity index (χ1) is 9.15. The van der Waals surface area contributed by atoms with Crippen LogP contribution >= 0.6 is 0 Å². The van der Waals surface area contributed by atoms with E-state index in [9.17, 15) is 4.79 Å². The van der Waals surface area contributed by atoms with Gasteiger partial charge in [0.05, 0.1) is 7.11 Å². The van der Waals surface area contributed by atoms with E-state index in [1.165, 1.54) is 7.11 Å². The molecule has 0 aliphatic carbocycles. The van der Waals surface area contributed by atoms with Gasteiger partial charge in [0.15, 0.2) is 5.82 Å². The van der Waals surface area contributed by atoms with Crippen LogP contribution in [0.15, 0.2) is 10.5 Å². The fourth-order valence-corrected chi connectivity index (χ4v) is 1.82. The molecule has 102 valence electrons. The van der Waals surface area contributed by atoms with E-state index in [0.29, 0.717) is 12.3 Å². The van der Waals surface area contributed by atoms with Gasteiger partial charge >= 0.3 is 5.97 Å². The number of hydrogen-bond donors (Lipinski definition) is 0. The van der Waals surface area contributed by atoms with Gasteiger partial charge in [0.2, 0.25) is 5.76 Å². The minimum Gasteiger partial charge on any atom is -0.463 e. The van der Waals surface area contributed by atoms with Gasteiger partial charge in [-0.3, -0.25) is 0 Å². The van der Waals surface area contributed by atoms with Crippen LogP contribution in [-0.2, 0) is 17.7 Å². The Bertz CT molecular complexity index is 573. The summed E-state index contributed by atoms with van der Waals surface area (Å²) in [7, 11) is 1.32. The molecule has 0 amide bonds. The lowest BCUT2D eigenvalue weighted by Crippen LogP contribution is -2.06. The van der Waals surface area contributed by atoms with E-state index in [1.54, 1.807) is 17.7 Å². The molecular formula is C12H16N4O3. The van der Waals surface area contributed by atoms with Crippen LogP contribution in [0.2, 0.25) is 0 Å². The fraction of sp³-hybridized carbons (Fsp3) is 0.500. The average Bonchev–Trinajstić information content (AvgIpc) is 2.97. The molecule has 2 heterocycles. The highest BCUT2D eigenvalue weighted by Gasteiger charge is 2.17. The second kappa shape index (κ2) is 5.64. The topological polar surface area (TPSA) is 83.0 Å². The number of hydrogen-bond acceptors (Lipinski definition) is 6. The lowest BCUT2D eigenvalue weighted by atomic mass is 10.2. The van der Waals surface area contributed by atoms with E-state index in [1.807, 2.05) is 0 Å². The summed E-state index contributed by atoms with van der Waals surface area (Å²) < 4.78 is 11.8. The molecule has 19 heavy (non-hydrogen) atoms. The summed E-state index contributed by atoms with van der Waals surface area (Å²) in [6.07, 6.45) is 1.77.